The van der Waals surface area contributed by atoms with Gasteiger partial charge in [-0.25, -0.2) is 4.90 Å². The molecule has 0 radical (unpaired) electrons. The zero-order valence-electron chi connectivity index (χ0n) is 30.5. The molecule has 3 heterocycles. The number of hydrogen-bond donors (Lipinski definition) is 0. The molecule has 6 aromatic carbocycles. The minimum absolute atomic E-state index is 0.0297. The molecule has 1 saturated heterocycles. The molecule has 4 atom stereocenters. The number of amides is 2. The number of nitro groups is 1. The van der Waals surface area contributed by atoms with Gasteiger partial charge >= 0.3 is 0 Å². The summed E-state index contributed by atoms with van der Waals surface area (Å²) in [5, 5.41) is 11.3. The van der Waals surface area contributed by atoms with Gasteiger partial charge in [0.25, 0.3) is 5.69 Å². The molecular formula is C47H30N2O9. The van der Waals surface area contributed by atoms with Crippen molar-refractivity contribution in [2.45, 2.75) is 10.8 Å². The van der Waals surface area contributed by atoms with Crippen molar-refractivity contribution in [3.05, 3.63) is 178 Å². The quantitative estimate of drug-likeness (QED) is 0.0903. The molecule has 0 aromatic heterocycles. The van der Waals surface area contributed by atoms with Crippen LogP contribution in [0.25, 0.3) is 22.3 Å². The molecule has 11 rings (SSSR count). The van der Waals surface area contributed by atoms with Crippen LogP contribution in [0.3, 0.4) is 0 Å². The van der Waals surface area contributed by atoms with E-state index in [0.717, 1.165) is 11.1 Å². The Kier molecular flexibility index (Phi) is 7.12. The summed E-state index contributed by atoms with van der Waals surface area (Å²) in [5.74, 6) is -1.39. The van der Waals surface area contributed by atoms with Crippen LogP contribution in [-0.4, -0.2) is 36.1 Å². The second-order valence-electron chi connectivity index (χ2n) is 14.9. The topological polar surface area (TPSA) is 135 Å². The predicted octanol–water partition coefficient (Wildman–Crippen LogP) is 7.91. The SMILES string of the molecule is O=C1[C@H]2[C@H](C(=O)N1c1ccc(-c3ccc([N+](=O)[O-])cc3)cc1)[C@@]1(c3ccccc3)C(=O)[C@@]2(c2ccccc2)C(c2ccc3c(c2)OCO3)=C1c1ccc2c(c1)OCO2. The van der Waals surface area contributed by atoms with Crippen molar-refractivity contribution in [2.24, 2.45) is 11.8 Å². The molecule has 0 spiro atoms. The number of non-ortho nitro benzene ring substituents is 1. The first kappa shape index (κ1) is 33.8. The Hall–Kier alpha value is -7.53. The number of hydrogen-bond acceptors (Lipinski definition) is 9. The lowest BCUT2D eigenvalue weighted by Crippen LogP contribution is -2.45. The molecule has 58 heavy (non-hydrogen) atoms. The van der Waals surface area contributed by atoms with E-state index in [9.17, 15) is 10.1 Å². The number of ketones is 1. The monoisotopic (exact) mass is 766 g/mol. The summed E-state index contributed by atoms with van der Waals surface area (Å²) in [7, 11) is 0. The Morgan fingerprint density at radius 3 is 1.38 bits per heavy atom. The second kappa shape index (κ2) is 12.2. The Morgan fingerprint density at radius 2 is 0.931 bits per heavy atom. The minimum atomic E-state index is -1.64. The fraction of sp³-hybridized carbons (Fsp3) is 0.128. The zero-order chi connectivity index (χ0) is 39.3. The molecule has 6 aromatic rings. The van der Waals surface area contributed by atoms with Crippen LogP contribution in [0.2, 0.25) is 0 Å². The molecule has 0 N–H and O–H groups in total. The van der Waals surface area contributed by atoms with E-state index in [1.165, 1.54) is 17.0 Å². The number of nitrogens with zero attached hydrogens (tertiary/aromatic N) is 2. The summed E-state index contributed by atoms with van der Waals surface area (Å²) in [6.45, 7) is 0.0817. The van der Waals surface area contributed by atoms with E-state index in [1.54, 1.807) is 36.4 Å². The number of allylic oxidation sites excluding steroid dienone is 2. The molecular weight excluding hydrogens is 737 g/mol. The lowest BCUT2D eigenvalue weighted by atomic mass is 9.59. The Balaban J connectivity index is 1.18. The van der Waals surface area contributed by atoms with E-state index < -0.39 is 39.4 Å². The van der Waals surface area contributed by atoms with Crippen LogP contribution in [0.15, 0.2) is 146 Å². The van der Waals surface area contributed by atoms with Gasteiger partial charge in [0.1, 0.15) is 0 Å². The fourth-order valence-electron chi connectivity index (χ4n) is 10.1. The lowest BCUT2D eigenvalue weighted by Gasteiger charge is -2.39. The van der Waals surface area contributed by atoms with E-state index >= 15 is 14.4 Å². The minimum Gasteiger partial charge on any atom is -0.454 e. The highest BCUT2D eigenvalue weighted by Crippen LogP contribution is 2.74. The van der Waals surface area contributed by atoms with Gasteiger partial charge < -0.3 is 18.9 Å². The van der Waals surface area contributed by atoms with Crippen LogP contribution in [0, 0.1) is 22.0 Å². The van der Waals surface area contributed by atoms with E-state index in [4.69, 9.17) is 18.9 Å². The van der Waals surface area contributed by atoms with Crippen molar-refractivity contribution in [3.63, 3.8) is 0 Å². The number of ether oxygens (including phenoxy) is 4. The highest BCUT2D eigenvalue weighted by molar-refractivity contribution is 6.39. The third-order valence-corrected chi connectivity index (χ3v) is 12.3. The van der Waals surface area contributed by atoms with E-state index in [1.807, 2.05) is 97.1 Å². The smallest absolute Gasteiger partial charge is 0.269 e. The van der Waals surface area contributed by atoms with Crippen LogP contribution < -0.4 is 23.8 Å². The second-order valence-corrected chi connectivity index (χ2v) is 14.9. The predicted molar refractivity (Wildman–Crippen MR) is 211 cm³/mol. The molecule has 3 aliphatic heterocycles. The lowest BCUT2D eigenvalue weighted by molar-refractivity contribution is -0.384. The fourth-order valence-corrected chi connectivity index (χ4v) is 10.1. The number of fused-ring (bicyclic) bond motifs is 7. The van der Waals surface area contributed by atoms with Crippen LogP contribution in [-0.2, 0) is 25.2 Å². The summed E-state index contributed by atoms with van der Waals surface area (Å²) in [4.78, 5) is 59.4. The number of nitro benzene ring substituents is 1. The first-order valence-electron chi connectivity index (χ1n) is 18.8. The molecule has 1 saturated carbocycles. The molecule has 11 nitrogen and oxygen atoms in total. The van der Waals surface area contributed by atoms with Gasteiger partial charge in [0, 0.05) is 12.1 Å². The Morgan fingerprint density at radius 1 is 0.517 bits per heavy atom. The molecule has 2 aliphatic carbocycles. The normalized spacial score (nSPS) is 23.5. The molecule has 5 aliphatic rings. The summed E-state index contributed by atoms with van der Waals surface area (Å²) < 4.78 is 23.2. The van der Waals surface area contributed by atoms with Crippen LogP contribution in [0.5, 0.6) is 23.0 Å². The average Bonchev–Trinajstić information content (AvgIpc) is 4.07. The average molecular weight is 767 g/mol. The molecule has 11 heteroatoms. The van der Waals surface area contributed by atoms with E-state index in [0.29, 0.717) is 62.1 Å². The maximum atomic E-state index is 16.3. The van der Waals surface area contributed by atoms with E-state index in [-0.39, 0.29) is 25.1 Å². The van der Waals surface area contributed by atoms with Gasteiger partial charge in [-0.3, -0.25) is 24.5 Å². The zero-order valence-corrected chi connectivity index (χ0v) is 30.5. The summed E-state index contributed by atoms with van der Waals surface area (Å²) in [6, 6.07) is 42.8. The van der Waals surface area contributed by atoms with Gasteiger partial charge in [-0.15, -0.1) is 0 Å². The Bertz CT molecular complexity index is 2650. The number of imide groups is 1. The van der Waals surface area contributed by atoms with Gasteiger partial charge in [0.2, 0.25) is 25.4 Å². The van der Waals surface area contributed by atoms with Crippen molar-refractivity contribution in [2.75, 3.05) is 18.5 Å². The Labute approximate surface area is 330 Å². The van der Waals surface area contributed by atoms with Crippen LogP contribution in [0.4, 0.5) is 11.4 Å². The molecule has 282 valence electrons. The standard InChI is InChI=1S/C47H30N2O9/c50-43-41-42(44(51)48(43)33-17-11-27(12-18-33)28-13-19-34(20-14-28)49(53)54)47(32-9-5-2-6-10-32)40(30-16-22-36-38(24-30)58-26-56-36)39(29-15-21-35-37(23-29)57-25-55-35)46(41,45(47)52)31-7-3-1-4-8-31/h1-24,41-42H,25-26H2/t41-,42-,46+,47+/m1/s1. The largest absolute Gasteiger partial charge is 0.454 e. The highest BCUT2D eigenvalue weighted by atomic mass is 16.7. The van der Waals surface area contributed by atoms with E-state index in [2.05, 4.69) is 0 Å². The van der Waals surface area contributed by atoms with Gasteiger partial charge in [-0.05, 0) is 93.1 Å². The number of anilines is 1. The number of carbonyl (C=O) groups is 3. The molecule has 2 amide bonds. The van der Waals surface area contributed by atoms with Crippen molar-refractivity contribution in [1.82, 2.24) is 0 Å². The first-order valence-corrected chi connectivity index (χ1v) is 18.8. The number of benzene rings is 6. The third kappa shape index (κ3) is 4.35. The maximum absolute atomic E-state index is 16.3. The van der Waals surface area contributed by atoms with Crippen molar-refractivity contribution < 1.29 is 38.3 Å². The summed E-state index contributed by atoms with van der Waals surface area (Å²) >= 11 is 0. The van der Waals surface area contributed by atoms with Crippen LogP contribution >= 0.6 is 0 Å². The van der Waals surface area contributed by atoms with Gasteiger partial charge in [0.15, 0.2) is 28.8 Å². The molecule has 2 bridgehead atoms. The molecule has 2 fully saturated rings. The summed E-state index contributed by atoms with van der Waals surface area (Å²) in [6.07, 6.45) is 0. The van der Waals surface area contributed by atoms with Crippen LogP contribution in [0.1, 0.15) is 22.3 Å². The van der Waals surface area contributed by atoms with Crippen molar-refractivity contribution in [3.8, 4) is 34.1 Å². The third-order valence-electron chi connectivity index (χ3n) is 12.3. The maximum Gasteiger partial charge on any atom is 0.269 e. The molecule has 0 unspecified atom stereocenters. The van der Waals surface area contributed by atoms with Crippen molar-refractivity contribution >= 4 is 40.1 Å². The van der Waals surface area contributed by atoms with Crippen molar-refractivity contribution in [1.29, 1.82) is 0 Å². The van der Waals surface area contributed by atoms with Gasteiger partial charge in [-0.2, -0.15) is 0 Å². The number of carbonyl (C=O) groups excluding carboxylic acids is 3. The van der Waals surface area contributed by atoms with Gasteiger partial charge in [-0.1, -0.05) is 84.9 Å². The van der Waals surface area contributed by atoms with Gasteiger partial charge in [0.05, 0.1) is 33.3 Å². The summed E-state index contributed by atoms with van der Waals surface area (Å²) in [5.41, 5.74) is 2.20. The highest BCUT2D eigenvalue weighted by Gasteiger charge is 2.82. The number of Topliss-reactive ketones (excluding diaryl/α,β-unsaturated/α-hetero) is 1. The number of rotatable bonds is 7. The first-order chi connectivity index (χ1) is 28.3.